The first kappa shape index (κ1) is 13.6. The van der Waals surface area contributed by atoms with E-state index in [1.807, 2.05) is 0 Å². The Morgan fingerprint density at radius 1 is 1.33 bits per heavy atom. The topological polar surface area (TPSA) is 159 Å². The molecule has 8 atom stereocenters. The summed E-state index contributed by atoms with van der Waals surface area (Å²) in [4.78, 5) is 4.01. The SMILES string of the molecule is CO[C@]1(O)[C@@H]2O[C@]3(O)O[C@H]1[C@@H](O)C1(NC(N)=NC[C@@H]21)[C@@H]3O. The lowest BCUT2D eigenvalue weighted by atomic mass is 9.58. The van der Waals surface area contributed by atoms with E-state index >= 15 is 0 Å². The Morgan fingerprint density at radius 2 is 2.00 bits per heavy atom. The van der Waals surface area contributed by atoms with Crippen LogP contribution in [0.3, 0.4) is 0 Å². The van der Waals surface area contributed by atoms with Gasteiger partial charge in [-0.25, -0.2) is 0 Å². The van der Waals surface area contributed by atoms with Gasteiger partial charge in [0.25, 0.3) is 0 Å². The lowest BCUT2D eigenvalue weighted by Gasteiger charge is -2.70. The zero-order chi connectivity index (χ0) is 15.2. The maximum absolute atomic E-state index is 10.6. The number of guanidine groups is 1. The maximum Gasteiger partial charge on any atom is 0.311 e. The standard InChI is InChI=1S/C11H17N3O7/c1-19-10(17)5-3-2-13-8(12)14-9(3)4(15)6(10)21-11(18,20-5)7(9)16/h3-7,15-18H,2H2,1H3,(H3,12,13,14)/t3-,4+,5+,6-,7-,9?,10+,11-/m0/s1. The van der Waals surface area contributed by atoms with Gasteiger partial charge < -0.3 is 45.7 Å². The van der Waals surface area contributed by atoms with Crippen LogP contribution in [0.1, 0.15) is 0 Å². The normalized spacial score (nSPS) is 61.2. The molecule has 0 aromatic heterocycles. The summed E-state index contributed by atoms with van der Waals surface area (Å²) in [5, 5.41) is 44.8. The lowest BCUT2D eigenvalue weighted by molar-refractivity contribution is -0.567. The summed E-state index contributed by atoms with van der Waals surface area (Å²) in [6.07, 6.45) is -5.38. The molecule has 10 heteroatoms. The highest BCUT2D eigenvalue weighted by Crippen LogP contribution is 2.57. The Bertz CT molecular complexity index is 532. The van der Waals surface area contributed by atoms with Gasteiger partial charge in [-0.2, -0.15) is 0 Å². The zero-order valence-electron chi connectivity index (χ0n) is 11.1. The van der Waals surface area contributed by atoms with Gasteiger partial charge in [-0.15, -0.1) is 0 Å². The zero-order valence-corrected chi connectivity index (χ0v) is 11.1. The molecule has 0 radical (unpaired) electrons. The number of nitrogens with two attached hydrogens (primary N) is 1. The summed E-state index contributed by atoms with van der Waals surface area (Å²) in [5.74, 6) is -4.97. The van der Waals surface area contributed by atoms with E-state index in [4.69, 9.17) is 19.9 Å². The Morgan fingerprint density at radius 3 is 2.67 bits per heavy atom. The highest BCUT2D eigenvalue weighted by atomic mass is 16.9. The maximum atomic E-state index is 10.6. The van der Waals surface area contributed by atoms with Crippen molar-refractivity contribution in [2.75, 3.05) is 13.7 Å². The molecular formula is C11H17N3O7. The second kappa shape index (κ2) is 3.66. The molecule has 4 bridgehead atoms. The van der Waals surface area contributed by atoms with Gasteiger partial charge in [-0.05, 0) is 0 Å². The van der Waals surface area contributed by atoms with E-state index in [0.29, 0.717) is 0 Å². The minimum Gasteiger partial charge on any atom is -0.388 e. The van der Waals surface area contributed by atoms with E-state index < -0.39 is 47.6 Å². The molecule has 7 N–H and O–H groups in total. The molecule has 0 amide bonds. The Labute approximate surface area is 119 Å². The minimum atomic E-state index is -2.36. The summed E-state index contributed by atoms with van der Waals surface area (Å²) in [7, 11) is 1.24. The van der Waals surface area contributed by atoms with E-state index in [-0.39, 0.29) is 12.5 Å². The third-order valence-corrected chi connectivity index (χ3v) is 5.09. The Balaban J connectivity index is 1.92. The predicted octanol–water partition coefficient (Wildman–Crippen LogP) is -4.23. The number of hydrogen-bond acceptors (Lipinski definition) is 10. The highest BCUT2D eigenvalue weighted by molar-refractivity contribution is 5.80. The number of methoxy groups -OCH3 is 1. The molecule has 0 aromatic rings. The van der Waals surface area contributed by atoms with Crippen LogP contribution in [0.5, 0.6) is 0 Å². The molecule has 10 nitrogen and oxygen atoms in total. The summed E-state index contributed by atoms with van der Waals surface area (Å²) in [6.45, 7) is 0.0894. The van der Waals surface area contributed by atoms with Gasteiger partial charge in [0.2, 0.25) is 5.79 Å². The number of rotatable bonds is 1. The van der Waals surface area contributed by atoms with Crippen molar-refractivity contribution in [3.8, 4) is 0 Å². The Hall–Kier alpha value is -1.01. The molecule has 0 aromatic carbocycles. The third kappa shape index (κ3) is 1.26. The molecule has 5 aliphatic rings. The summed E-state index contributed by atoms with van der Waals surface area (Å²) < 4.78 is 15.6. The molecule has 3 saturated heterocycles. The fraction of sp³-hybridized carbons (Fsp3) is 0.909. The first-order valence-corrected chi connectivity index (χ1v) is 6.59. The quantitative estimate of drug-likeness (QED) is 0.264. The fourth-order valence-corrected chi connectivity index (χ4v) is 4.07. The average molecular weight is 303 g/mol. The largest absolute Gasteiger partial charge is 0.388 e. The number of hydrogen-bond donors (Lipinski definition) is 6. The van der Waals surface area contributed by atoms with Crippen molar-refractivity contribution in [1.29, 1.82) is 0 Å². The van der Waals surface area contributed by atoms with Gasteiger partial charge in [-0.1, -0.05) is 0 Å². The first-order valence-electron chi connectivity index (χ1n) is 6.59. The molecule has 4 fully saturated rings. The minimum absolute atomic E-state index is 0.0239. The lowest BCUT2D eigenvalue weighted by Crippen LogP contribution is -2.94. The van der Waals surface area contributed by atoms with Crippen molar-refractivity contribution in [1.82, 2.24) is 5.32 Å². The van der Waals surface area contributed by atoms with Crippen LogP contribution < -0.4 is 11.1 Å². The van der Waals surface area contributed by atoms with E-state index in [0.717, 1.165) is 0 Å². The van der Waals surface area contributed by atoms with Crippen LogP contribution in [0, 0.1) is 5.92 Å². The number of aliphatic imine (C=N–C) groups is 1. The van der Waals surface area contributed by atoms with E-state index in [1.165, 1.54) is 7.11 Å². The van der Waals surface area contributed by atoms with Crippen molar-refractivity contribution >= 4 is 5.96 Å². The fourth-order valence-electron chi connectivity index (χ4n) is 4.07. The number of nitrogens with one attached hydrogen (secondary N) is 1. The van der Waals surface area contributed by atoms with Crippen LogP contribution in [-0.2, 0) is 14.2 Å². The van der Waals surface area contributed by atoms with Crippen molar-refractivity contribution in [2.24, 2.45) is 16.6 Å². The summed E-state index contributed by atoms with van der Waals surface area (Å²) >= 11 is 0. The molecule has 21 heavy (non-hydrogen) atoms. The van der Waals surface area contributed by atoms with E-state index in [1.54, 1.807) is 0 Å². The number of ether oxygens (including phenoxy) is 3. The van der Waals surface area contributed by atoms with Crippen LogP contribution in [0.25, 0.3) is 0 Å². The van der Waals surface area contributed by atoms with Crippen molar-refractivity contribution < 1.29 is 34.6 Å². The second-order valence-electron chi connectivity index (χ2n) is 5.90. The van der Waals surface area contributed by atoms with Gasteiger partial charge in [0.1, 0.15) is 23.9 Å². The second-order valence-corrected chi connectivity index (χ2v) is 5.90. The van der Waals surface area contributed by atoms with Gasteiger partial charge in [-0.3, -0.25) is 4.99 Å². The molecule has 1 unspecified atom stereocenters. The van der Waals surface area contributed by atoms with E-state index in [9.17, 15) is 20.4 Å². The monoisotopic (exact) mass is 303 g/mol. The van der Waals surface area contributed by atoms with Gasteiger partial charge in [0.05, 0.1) is 6.54 Å². The highest BCUT2D eigenvalue weighted by Gasteiger charge is 2.82. The Kier molecular flexibility index (Phi) is 2.38. The molecule has 118 valence electrons. The average Bonchev–Trinajstić information content (AvgIpc) is 2.45. The summed E-state index contributed by atoms with van der Waals surface area (Å²) in [6, 6.07) is 0. The number of nitrogens with zero attached hydrogens (tertiary/aromatic N) is 1. The van der Waals surface area contributed by atoms with Crippen LogP contribution >= 0.6 is 0 Å². The molecular weight excluding hydrogens is 286 g/mol. The number of aliphatic hydroxyl groups is 4. The van der Waals surface area contributed by atoms with E-state index in [2.05, 4.69) is 10.3 Å². The molecule has 1 aliphatic carbocycles. The van der Waals surface area contributed by atoms with Gasteiger partial charge in [0, 0.05) is 13.0 Å². The predicted molar refractivity (Wildman–Crippen MR) is 64.5 cm³/mol. The van der Waals surface area contributed by atoms with Crippen LogP contribution in [0.4, 0.5) is 0 Å². The van der Waals surface area contributed by atoms with Crippen molar-refractivity contribution in [2.45, 2.75) is 41.7 Å². The summed E-state index contributed by atoms with van der Waals surface area (Å²) in [5.41, 5.74) is 4.23. The van der Waals surface area contributed by atoms with Gasteiger partial charge >= 0.3 is 5.97 Å². The van der Waals surface area contributed by atoms with Crippen molar-refractivity contribution in [3.63, 3.8) is 0 Å². The van der Waals surface area contributed by atoms with Gasteiger partial charge in [0.15, 0.2) is 12.1 Å². The molecule has 4 heterocycles. The van der Waals surface area contributed by atoms with Crippen LogP contribution in [0.2, 0.25) is 0 Å². The molecule has 1 spiro atoms. The van der Waals surface area contributed by atoms with Crippen molar-refractivity contribution in [3.05, 3.63) is 0 Å². The molecule has 5 rings (SSSR count). The number of aliphatic hydroxyl groups excluding tert-OH is 2. The smallest absolute Gasteiger partial charge is 0.311 e. The molecule has 1 saturated carbocycles. The van der Waals surface area contributed by atoms with Crippen LogP contribution in [-0.4, -0.2) is 81.8 Å². The van der Waals surface area contributed by atoms with Crippen LogP contribution in [0.15, 0.2) is 4.99 Å². The third-order valence-electron chi connectivity index (χ3n) is 5.09. The molecule has 4 aliphatic heterocycles. The first-order chi connectivity index (χ1) is 9.79.